The van der Waals surface area contributed by atoms with Crippen LogP contribution in [0.15, 0.2) is 141 Å². The van der Waals surface area contributed by atoms with Crippen LogP contribution in [-0.2, 0) is 195 Å². The molecule has 3 rings (SSSR count). The van der Waals surface area contributed by atoms with Crippen LogP contribution in [0.5, 0.6) is 0 Å². The minimum atomic E-state index is -3.86. The monoisotopic (exact) mass is 2970 g/mol. The van der Waals surface area contributed by atoms with Gasteiger partial charge in [0.1, 0.15) is 36.8 Å². The van der Waals surface area contributed by atoms with Gasteiger partial charge in [-0.3, -0.25) is 85.4 Å². The maximum atomic E-state index is 12.8. The van der Waals surface area contributed by atoms with Crippen LogP contribution >= 0.6 is 37.5 Å². The first-order valence-electron chi connectivity index (χ1n) is 45.0. The SMILES string of the molecule is C=C(CCC(=O)OC)C(=O)OC.C=CC(=C)OC.C=CC(=O)OCc1ccccc1.CC(C)(C)OC(=O)CCP(=O)(O)CC(CCC(=O)O)C(=O)O.COC(=O)CCC(CP(=O)(CCC(=O)O)OC)C(=O)OC.COC(=O)CCC(CP(=O)(CCC(=O)OC(C)(C)C)OC)C(=O)OC.COC(=O)CCC(CP(=O)(O)CCC(=O)OCc1ccccc1)C(=O)OC.C[Si](C)(C)C=[N+]=[N-].O=C(CC[P+](=O)O)OCc1ccccc1.[Fm].[Fm].[Fm]. The number of carbonyl (C=O) groups is 16. The molecule has 866 valence electrons. The van der Waals surface area contributed by atoms with Crippen LogP contribution in [0.2, 0.25) is 19.6 Å². The number of aliphatic carboxylic acids is 3. The molecule has 45 nitrogen and oxygen atoms in total. The zero-order valence-electron chi connectivity index (χ0n) is 88.4. The van der Waals surface area contributed by atoms with Crippen molar-refractivity contribution in [1.29, 1.82) is 0 Å². The van der Waals surface area contributed by atoms with Gasteiger partial charge < -0.3 is 106 Å². The molecular formula is C96H150Fm3N2O43P5Si+. The molecule has 3 aromatic rings. The maximum Gasteiger partial charge on any atom is 0.506 e. The number of nitrogens with zero attached hydrogens (tertiary/aromatic N) is 2. The van der Waals surface area contributed by atoms with Gasteiger partial charge in [0, 0.05) is 107 Å². The molecule has 0 saturated heterocycles. The third-order valence-corrected chi connectivity index (χ3v) is 28.8. The second-order valence-electron chi connectivity index (χ2n) is 33.9. The van der Waals surface area contributed by atoms with Gasteiger partial charge in [-0.25, -0.2) is 9.59 Å². The molecule has 0 radical (unpaired) electrons. The van der Waals surface area contributed by atoms with E-state index in [9.17, 15) is 109 Å². The molecular weight excluding hydrogens is 2820 g/mol. The predicted molar refractivity (Wildman–Crippen MR) is 544 cm³/mol. The van der Waals surface area contributed by atoms with Crippen molar-refractivity contribution >= 4 is 147 Å². The molecule has 0 fully saturated rings. The summed E-state index contributed by atoms with van der Waals surface area (Å²) < 4.78 is 136. The van der Waals surface area contributed by atoms with Crippen LogP contribution in [-0.4, -0.2) is 289 Å². The average Bonchev–Trinajstić information content (AvgIpc) is 0.857. The zero-order valence-corrected chi connectivity index (χ0v) is 101. The van der Waals surface area contributed by atoms with Gasteiger partial charge in [-0.1, -0.05) is 137 Å². The van der Waals surface area contributed by atoms with Crippen LogP contribution in [0.1, 0.15) is 155 Å². The van der Waals surface area contributed by atoms with E-state index in [0.717, 1.165) is 29.9 Å². The number of benzene rings is 3. The summed E-state index contributed by atoms with van der Waals surface area (Å²) in [5, 5.41) is 26.1. The van der Waals surface area contributed by atoms with Gasteiger partial charge in [-0.15, -0.1) is 0 Å². The predicted octanol–water partition coefficient (Wildman–Crippen LogP) is 14.1. The van der Waals surface area contributed by atoms with E-state index in [1.165, 1.54) is 64.0 Å². The molecule has 0 aliphatic rings. The van der Waals surface area contributed by atoms with Crippen LogP contribution < -0.4 is 0 Å². The summed E-state index contributed by atoms with van der Waals surface area (Å²) in [7, 11) is -3.79. The number of carbonyl (C=O) groups excluding carboxylic acids is 13. The van der Waals surface area contributed by atoms with Crippen molar-refractivity contribution < 1.29 is 210 Å². The molecule has 0 aliphatic carbocycles. The Kier molecular flexibility index (Phi) is 87.0. The average molecular weight is 2970 g/mol. The van der Waals surface area contributed by atoms with Crippen LogP contribution in [0, 0.1) is 23.7 Å². The molecule has 3 aromatic carbocycles. The minimum Gasteiger partial charge on any atom is -0.497 e. The number of methoxy groups -OCH3 is 9. The summed E-state index contributed by atoms with van der Waals surface area (Å²) in [6.45, 7) is 30.7. The fourth-order valence-electron chi connectivity index (χ4n) is 10.5. The van der Waals surface area contributed by atoms with E-state index in [0.29, 0.717) is 12.4 Å². The molecule has 0 aromatic heterocycles. The number of carboxylic acids is 3. The molecule has 0 amide bonds. The van der Waals surface area contributed by atoms with Crippen molar-refractivity contribution in [2.45, 2.75) is 189 Å². The van der Waals surface area contributed by atoms with E-state index in [1.54, 1.807) is 72.7 Å². The summed E-state index contributed by atoms with van der Waals surface area (Å²) in [5.74, 6) is -11.9. The Morgan fingerprint density at radius 3 is 0.987 bits per heavy atom. The van der Waals surface area contributed by atoms with Crippen molar-refractivity contribution in [2.24, 2.45) is 23.7 Å². The second kappa shape index (κ2) is 85.3. The minimum absolute atomic E-state index is 0. The Bertz CT molecular complexity index is 4860. The number of carboxylic acid groups (broad SMARTS) is 3. The molecule has 0 bridgehead atoms. The number of hydrogen-bond donors (Lipinski definition) is 6. The maximum absolute atomic E-state index is 12.8. The van der Waals surface area contributed by atoms with Gasteiger partial charge in [0.15, 0.2) is 14.2 Å². The first-order valence-corrected chi connectivity index (χ1v) is 58.0. The summed E-state index contributed by atoms with van der Waals surface area (Å²) in [4.78, 5) is 210. The number of esters is 13. The van der Waals surface area contributed by atoms with Crippen molar-refractivity contribution in [3.05, 3.63) is 163 Å². The van der Waals surface area contributed by atoms with Crippen molar-refractivity contribution in [1.82, 2.24) is 0 Å². The van der Waals surface area contributed by atoms with E-state index in [4.69, 9.17) is 63.2 Å². The molecule has 9 atom stereocenters. The Morgan fingerprint density at radius 2 is 0.713 bits per heavy atom. The molecule has 54 heteroatoms. The fourth-order valence-corrected chi connectivity index (χ4v) is 18.8. The van der Waals surface area contributed by atoms with Crippen LogP contribution in [0.25, 0.3) is 5.53 Å². The summed E-state index contributed by atoms with van der Waals surface area (Å²) in [5.41, 5.74) is 9.64. The van der Waals surface area contributed by atoms with Gasteiger partial charge in [-0.05, 0) is 101 Å². The molecule has 0 aliphatic heterocycles. The Labute approximate surface area is 861 Å². The number of ether oxygens (including phenoxy) is 14. The van der Waals surface area contributed by atoms with Crippen LogP contribution in [0.3, 0.4) is 0 Å². The smallest absolute Gasteiger partial charge is 0.497 e. The first-order chi connectivity index (χ1) is 68.3. The second-order valence-corrected chi connectivity index (χ2v) is 50.7. The Morgan fingerprint density at radius 1 is 0.400 bits per heavy atom. The molecule has 0 spiro atoms. The van der Waals surface area contributed by atoms with E-state index >= 15 is 0 Å². The fraction of sp³-hybridized carbons (Fsp3) is 0.552. The third kappa shape index (κ3) is 90.9. The summed E-state index contributed by atoms with van der Waals surface area (Å²) in [6, 6.07) is 27.9. The van der Waals surface area contributed by atoms with Crippen molar-refractivity contribution in [2.75, 3.05) is 134 Å². The Hall–Kier alpha value is -14.6. The van der Waals surface area contributed by atoms with Crippen LogP contribution in [0.4, 0.5) is 0 Å². The van der Waals surface area contributed by atoms with Gasteiger partial charge >= 0.3 is 104 Å². The van der Waals surface area contributed by atoms with E-state index in [-0.39, 0.29) is 164 Å². The van der Waals surface area contributed by atoms with E-state index in [1.807, 2.05) is 78.9 Å². The summed E-state index contributed by atoms with van der Waals surface area (Å²) >= 11 is 0. The topological polar surface area (TPSA) is 664 Å². The summed E-state index contributed by atoms with van der Waals surface area (Å²) in [6.07, 6.45) is -0.497. The molecule has 6 N–H and O–H groups in total. The van der Waals surface area contributed by atoms with Crippen molar-refractivity contribution in [3.8, 4) is 0 Å². The molecule has 0 heterocycles. The zero-order chi connectivity index (χ0) is 114. The first kappa shape index (κ1) is 153. The Balaban J connectivity index is -0.000000219. The standard InChI is InChI=1S/C18H25O8P.C16H29O8P.C13H23O8P.C12H21O8P.C10H11O4P.C10H10O2.C8H12O4.C5H8O.C4H10N2Si.3Fm/c1-24-16(19)9-8-15(18(21)25-2)13-27(22,23)11-10-17(20)26-12-14-6-4-3-5-7-14;1-16(2,3)24-14(18)9-10-25(20,23-6)11-12(15(19)22-5)7-8-13(17)21-4;1-13(2,3)21-11(16)6-7-22(19,20)8-9(12(17)18)4-5-10(14)15;1-18-11(15)5-4-9(12(16)19-2)8-21(17,20-3)7-6-10(13)14;11-10(6-7-15(12)13)14-8-9-4-2-1-3-5-9;1-2-10(11)12-8-9-6-4-3-5-7-9;1-6(8(10)12-3)4-5-7(9)11-2;1-4-5(2)6-3;1-7(2,3)4-6-5;;;/h3-7,15H,8-13H2,1-2H3,(H,22,23);12H,7-11H2,1-6H3;9H,4-8H2,1-3H3,(H,14,15)(H,17,18)(H,19,20);9H,4-8H2,1-3H3,(H,13,14);1-5H,6-8H2;2-7H,1,8H2;1,4-5H2,2-3H3;4H,1-2H2,3H3;4H,1-3H3;;;/p+1. The number of hydrogen-bond acceptors (Lipinski definition) is 37. The normalized spacial score (nSPS) is 12.6. The van der Waals surface area contributed by atoms with Gasteiger partial charge in [0.05, 0.1) is 120 Å². The van der Waals surface area contributed by atoms with E-state index in [2.05, 4.69) is 88.6 Å². The third-order valence-electron chi connectivity index (χ3n) is 18.3. The van der Waals surface area contributed by atoms with Gasteiger partial charge in [0.25, 0.3) is 0 Å². The quantitative estimate of drug-likeness (QED) is 0.00292. The number of rotatable bonds is 55. The molecule has 150 heavy (non-hydrogen) atoms. The number of allylic oxidation sites excluding steroid dienone is 1. The van der Waals surface area contributed by atoms with E-state index < -0.39 is 183 Å². The largest absolute Gasteiger partial charge is 0.506 e. The molecule has 9 unspecified atom stereocenters. The van der Waals surface area contributed by atoms with Gasteiger partial charge in [-0.2, -0.15) is 9.68 Å². The van der Waals surface area contributed by atoms with Crippen molar-refractivity contribution in [3.63, 3.8) is 0 Å². The van der Waals surface area contributed by atoms with Gasteiger partial charge in [0.2, 0.25) is 35.3 Å². The molecule has 0 saturated carbocycles.